The number of aromatic nitrogens is 2. The second kappa shape index (κ2) is 12.0. The maximum Gasteiger partial charge on any atom is 0.331 e. The highest BCUT2D eigenvalue weighted by Gasteiger charge is 2.17. The topological polar surface area (TPSA) is 102 Å². The van der Waals surface area contributed by atoms with Crippen molar-refractivity contribution in [3.05, 3.63) is 102 Å². The van der Waals surface area contributed by atoms with E-state index >= 15 is 0 Å². The zero-order chi connectivity index (χ0) is 27.1. The average molecular weight is 529 g/mol. The number of halogens is 1. The normalized spacial score (nSPS) is 11.7. The van der Waals surface area contributed by atoms with Gasteiger partial charge in [-0.05, 0) is 61.5 Å². The van der Waals surface area contributed by atoms with E-state index in [0.717, 1.165) is 11.3 Å². The average Bonchev–Trinajstić information content (AvgIpc) is 3.33. The third-order valence-electron chi connectivity index (χ3n) is 5.40. The van der Waals surface area contributed by atoms with Gasteiger partial charge in [0.15, 0.2) is 6.10 Å². The lowest BCUT2D eigenvalue weighted by molar-refractivity contribution is -0.148. The lowest BCUT2D eigenvalue weighted by Gasteiger charge is -2.12. The minimum absolute atomic E-state index is 0.192. The summed E-state index contributed by atoms with van der Waals surface area (Å²) < 4.78 is 7.01. The van der Waals surface area contributed by atoms with Gasteiger partial charge in [-0.1, -0.05) is 41.9 Å². The van der Waals surface area contributed by atoms with Crippen LogP contribution in [0.3, 0.4) is 0 Å². The Morgan fingerprint density at radius 3 is 2.29 bits per heavy atom. The molecule has 2 N–H and O–H groups in total. The van der Waals surface area contributed by atoms with Crippen molar-refractivity contribution in [3.63, 3.8) is 0 Å². The molecule has 1 heterocycles. The molecule has 38 heavy (non-hydrogen) atoms. The number of carbonyl (C=O) groups is 3. The maximum atomic E-state index is 12.5. The zero-order valence-electron chi connectivity index (χ0n) is 20.7. The van der Waals surface area contributed by atoms with Crippen LogP contribution >= 0.6 is 11.6 Å². The van der Waals surface area contributed by atoms with Gasteiger partial charge in [-0.3, -0.25) is 9.59 Å². The molecule has 0 spiro atoms. The first-order valence-electron chi connectivity index (χ1n) is 11.8. The SMILES string of the molecule is CC(=O)Nc1ccc(NC(=O)C(C)OC(=O)/C=C/c2cn(-c3ccccc3)nc2-c2cccc(Cl)c2)cc1. The molecular weight excluding hydrogens is 504 g/mol. The number of carbonyl (C=O) groups excluding carboxylic acids is 3. The number of esters is 1. The van der Waals surface area contributed by atoms with Gasteiger partial charge in [0.05, 0.1) is 5.69 Å². The third kappa shape index (κ3) is 6.96. The quantitative estimate of drug-likeness (QED) is 0.224. The minimum atomic E-state index is -1.04. The third-order valence-corrected chi connectivity index (χ3v) is 5.63. The molecule has 0 aliphatic rings. The summed E-state index contributed by atoms with van der Waals surface area (Å²) in [6.07, 6.45) is 3.61. The fourth-order valence-electron chi connectivity index (χ4n) is 3.59. The minimum Gasteiger partial charge on any atom is -0.449 e. The van der Waals surface area contributed by atoms with Gasteiger partial charge in [-0.25, -0.2) is 9.48 Å². The van der Waals surface area contributed by atoms with Crippen LogP contribution in [0.15, 0.2) is 91.1 Å². The van der Waals surface area contributed by atoms with Crippen LogP contribution in [0.5, 0.6) is 0 Å². The Morgan fingerprint density at radius 2 is 1.63 bits per heavy atom. The Morgan fingerprint density at radius 1 is 0.947 bits per heavy atom. The number of amides is 2. The molecule has 8 nitrogen and oxygen atoms in total. The van der Waals surface area contributed by atoms with E-state index in [-0.39, 0.29) is 5.91 Å². The summed E-state index contributed by atoms with van der Waals surface area (Å²) in [5, 5.41) is 10.6. The fourth-order valence-corrected chi connectivity index (χ4v) is 3.78. The molecule has 2 amide bonds. The van der Waals surface area contributed by atoms with Gasteiger partial charge < -0.3 is 15.4 Å². The van der Waals surface area contributed by atoms with Gasteiger partial charge in [0.1, 0.15) is 5.69 Å². The number of ether oxygens (including phenoxy) is 1. The van der Waals surface area contributed by atoms with E-state index in [1.54, 1.807) is 53.4 Å². The number of hydrogen-bond acceptors (Lipinski definition) is 5. The first-order valence-corrected chi connectivity index (χ1v) is 12.1. The van der Waals surface area contributed by atoms with Gasteiger partial charge in [0.2, 0.25) is 5.91 Å². The van der Waals surface area contributed by atoms with Gasteiger partial charge >= 0.3 is 5.97 Å². The summed E-state index contributed by atoms with van der Waals surface area (Å²) >= 11 is 6.19. The van der Waals surface area contributed by atoms with Crippen LogP contribution in [0.2, 0.25) is 5.02 Å². The molecule has 1 unspecified atom stereocenters. The maximum absolute atomic E-state index is 12.5. The fraction of sp³-hybridized carbons (Fsp3) is 0.103. The Bertz CT molecular complexity index is 1480. The molecular formula is C29H25ClN4O4. The van der Waals surface area contributed by atoms with Gasteiger partial charge in [-0.15, -0.1) is 0 Å². The highest BCUT2D eigenvalue weighted by molar-refractivity contribution is 6.30. The van der Waals surface area contributed by atoms with Crippen molar-refractivity contribution in [2.24, 2.45) is 0 Å². The van der Waals surface area contributed by atoms with Crippen LogP contribution in [0.25, 0.3) is 23.0 Å². The first-order chi connectivity index (χ1) is 18.3. The number of anilines is 2. The second-order valence-electron chi connectivity index (χ2n) is 8.38. The van der Waals surface area contributed by atoms with Gasteiger partial charge in [0.25, 0.3) is 5.91 Å². The van der Waals surface area contributed by atoms with E-state index in [9.17, 15) is 14.4 Å². The summed E-state index contributed by atoms with van der Waals surface area (Å²) in [4.78, 5) is 36.2. The lowest BCUT2D eigenvalue weighted by Crippen LogP contribution is -2.29. The van der Waals surface area contributed by atoms with Crippen molar-refractivity contribution in [1.29, 1.82) is 0 Å². The molecule has 0 saturated carbocycles. The van der Waals surface area contributed by atoms with Crippen molar-refractivity contribution in [3.8, 4) is 16.9 Å². The Kier molecular flexibility index (Phi) is 8.35. The van der Waals surface area contributed by atoms with Crippen LogP contribution in [-0.2, 0) is 19.1 Å². The molecule has 192 valence electrons. The Hall–Kier alpha value is -4.69. The van der Waals surface area contributed by atoms with Crippen molar-refractivity contribution in [2.45, 2.75) is 20.0 Å². The van der Waals surface area contributed by atoms with Crippen LogP contribution < -0.4 is 10.6 Å². The number of rotatable bonds is 8. The van der Waals surface area contributed by atoms with E-state index in [0.29, 0.717) is 27.7 Å². The summed E-state index contributed by atoms with van der Waals surface area (Å²) in [5.74, 6) is -1.36. The molecule has 0 radical (unpaired) electrons. The molecule has 4 aromatic rings. The van der Waals surface area contributed by atoms with Crippen molar-refractivity contribution < 1.29 is 19.1 Å². The van der Waals surface area contributed by atoms with Gasteiger partial charge in [-0.2, -0.15) is 5.10 Å². The molecule has 3 aromatic carbocycles. The number of nitrogens with zero attached hydrogens (tertiary/aromatic N) is 2. The second-order valence-corrected chi connectivity index (χ2v) is 8.82. The Balaban J connectivity index is 1.45. The predicted molar refractivity (Wildman–Crippen MR) is 148 cm³/mol. The van der Waals surface area contributed by atoms with Crippen molar-refractivity contribution in [2.75, 3.05) is 10.6 Å². The summed E-state index contributed by atoms with van der Waals surface area (Å²) in [7, 11) is 0. The van der Waals surface area contributed by atoms with E-state index in [1.807, 2.05) is 42.5 Å². The van der Waals surface area contributed by atoms with Crippen LogP contribution in [0.1, 0.15) is 19.4 Å². The van der Waals surface area contributed by atoms with Crippen LogP contribution in [-0.4, -0.2) is 33.7 Å². The first kappa shape index (κ1) is 26.4. The van der Waals surface area contributed by atoms with Crippen molar-refractivity contribution in [1.82, 2.24) is 9.78 Å². The highest BCUT2D eigenvalue weighted by atomic mass is 35.5. The molecule has 0 fully saturated rings. The molecule has 1 aromatic heterocycles. The molecule has 9 heteroatoms. The molecule has 0 aliphatic heterocycles. The molecule has 0 saturated heterocycles. The van der Waals surface area contributed by atoms with Crippen molar-refractivity contribution >= 4 is 46.8 Å². The van der Waals surface area contributed by atoms with E-state index in [2.05, 4.69) is 10.6 Å². The monoisotopic (exact) mass is 528 g/mol. The summed E-state index contributed by atoms with van der Waals surface area (Å²) in [6, 6.07) is 23.4. The predicted octanol–water partition coefficient (Wildman–Crippen LogP) is 5.73. The molecule has 4 rings (SSSR count). The molecule has 0 bridgehead atoms. The number of hydrogen-bond donors (Lipinski definition) is 2. The number of benzene rings is 3. The van der Waals surface area contributed by atoms with Gasteiger partial charge in [0, 0.05) is 46.7 Å². The molecule has 1 atom stereocenters. The summed E-state index contributed by atoms with van der Waals surface area (Å²) in [6.45, 7) is 2.89. The van der Waals surface area contributed by atoms with E-state index in [1.165, 1.54) is 19.9 Å². The standard InChI is InChI=1S/C29H25ClN4O4/c1-19(29(37)32-25-14-12-24(13-15-25)31-20(2)35)38-27(36)16-11-22-18-34(26-9-4-3-5-10-26)33-28(22)21-7-6-8-23(30)17-21/h3-19H,1-2H3,(H,31,35)(H,32,37)/b16-11+. The summed E-state index contributed by atoms with van der Waals surface area (Å²) in [5.41, 5.74) is 4.05. The molecule has 0 aliphatic carbocycles. The highest BCUT2D eigenvalue weighted by Crippen LogP contribution is 2.27. The van der Waals surface area contributed by atoms with Crippen LogP contribution in [0, 0.1) is 0 Å². The lowest BCUT2D eigenvalue weighted by atomic mass is 10.1. The smallest absolute Gasteiger partial charge is 0.331 e. The Labute approximate surface area is 224 Å². The number of para-hydroxylation sites is 1. The zero-order valence-corrected chi connectivity index (χ0v) is 21.5. The number of nitrogens with one attached hydrogen (secondary N) is 2. The van der Waals surface area contributed by atoms with Crippen LogP contribution in [0.4, 0.5) is 11.4 Å². The van der Waals surface area contributed by atoms with E-state index in [4.69, 9.17) is 21.4 Å². The van der Waals surface area contributed by atoms with E-state index < -0.39 is 18.0 Å². The largest absolute Gasteiger partial charge is 0.449 e.